The molecule has 0 saturated carbocycles. The number of amides is 1. The van der Waals surface area contributed by atoms with Gasteiger partial charge in [0.05, 0.1) is 37.4 Å². The third kappa shape index (κ3) is 4.33. The van der Waals surface area contributed by atoms with E-state index < -0.39 is 11.7 Å². The minimum atomic E-state index is -0.576. The Morgan fingerprint density at radius 1 is 1.04 bits per heavy atom. The van der Waals surface area contributed by atoms with Crippen molar-refractivity contribution < 1.29 is 18.7 Å². The minimum Gasteiger partial charge on any atom is -0.497 e. The van der Waals surface area contributed by atoms with Crippen molar-refractivity contribution in [2.75, 3.05) is 24.9 Å². The zero-order valence-electron chi connectivity index (χ0n) is 14.8. The molecule has 7 heteroatoms. The van der Waals surface area contributed by atoms with Crippen molar-refractivity contribution in [3.8, 4) is 11.5 Å². The van der Waals surface area contributed by atoms with Crippen LogP contribution in [0.4, 0.5) is 21.6 Å². The Hall–Kier alpha value is -3.61. The summed E-state index contributed by atoms with van der Waals surface area (Å²) in [5.74, 6) is 0.729. The van der Waals surface area contributed by atoms with Crippen LogP contribution >= 0.6 is 0 Å². The molecule has 0 bridgehead atoms. The molecule has 0 saturated heterocycles. The van der Waals surface area contributed by atoms with Crippen LogP contribution in [0, 0.1) is 5.82 Å². The Morgan fingerprint density at radius 3 is 2.52 bits per heavy atom. The van der Waals surface area contributed by atoms with E-state index in [1.54, 1.807) is 44.6 Å². The molecule has 3 aromatic rings. The van der Waals surface area contributed by atoms with E-state index in [1.165, 1.54) is 24.4 Å². The van der Waals surface area contributed by atoms with E-state index >= 15 is 0 Å². The lowest BCUT2D eigenvalue weighted by Gasteiger charge is -2.12. The van der Waals surface area contributed by atoms with Gasteiger partial charge in [-0.2, -0.15) is 0 Å². The number of carbonyl (C=O) groups excluding carboxylic acids is 1. The molecule has 2 aromatic carbocycles. The second-order valence-corrected chi connectivity index (χ2v) is 5.56. The first-order valence-corrected chi connectivity index (χ1v) is 8.11. The molecule has 0 atom stereocenters. The molecule has 1 heterocycles. The molecule has 1 amide bonds. The quantitative estimate of drug-likeness (QED) is 0.682. The van der Waals surface area contributed by atoms with Gasteiger partial charge in [0.1, 0.15) is 23.1 Å². The molecular formula is C20H18FN3O3. The molecule has 27 heavy (non-hydrogen) atoms. The molecule has 0 unspecified atom stereocenters. The van der Waals surface area contributed by atoms with Crippen molar-refractivity contribution in [1.29, 1.82) is 0 Å². The normalized spacial score (nSPS) is 10.2. The number of ether oxygens (including phenoxy) is 2. The van der Waals surface area contributed by atoms with Crippen molar-refractivity contribution in [3.05, 3.63) is 72.2 Å². The Labute approximate surface area is 156 Å². The number of carbonyl (C=O) groups is 1. The Morgan fingerprint density at radius 2 is 1.85 bits per heavy atom. The third-order valence-corrected chi connectivity index (χ3v) is 3.81. The fraction of sp³-hybridized carbons (Fsp3) is 0.100. The molecule has 0 aliphatic carbocycles. The van der Waals surface area contributed by atoms with Gasteiger partial charge < -0.3 is 20.1 Å². The fourth-order valence-electron chi connectivity index (χ4n) is 2.43. The Kier molecular flexibility index (Phi) is 5.51. The van der Waals surface area contributed by atoms with E-state index in [-0.39, 0.29) is 5.56 Å². The number of benzene rings is 2. The molecule has 138 valence electrons. The van der Waals surface area contributed by atoms with Crippen molar-refractivity contribution in [2.45, 2.75) is 0 Å². The summed E-state index contributed by atoms with van der Waals surface area (Å²) in [4.78, 5) is 16.4. The smallest absolute Gasteiger partial charge is 0.258 e. The van der Waals surface area contributed by atoms with Crippen LogP contribution < -0.4 is 20.1 Å². The average Bonchev–Trinajstić information content (AvgIpc) is 2.70. The summed E-state index contributed by atoms with van der Waals surface area (Å²) in [6.07, 6.45) is 1.48. The zero-order valence-corrected chi connectivity index (χ0v) is 14.8. The van der Waals surface area contributed by atoms with Gasteiger partial charge in [-0.3, -0.25) is 4.79 Å². The number of hydrogen-bond acceptors (Lipinski definition) is 5. The van der Waals surface area contributed by atoms with Crippen LogP contribution in [0.15, 0.2) is 60.8 Å². The lowest BCUT2D eigenvalue weighted by Crippen LogP contribution is -2.13. The van der Waals surface area contributed by atoms with Crippen LogP contribution in [0.2, 0.25) is 0 Å². The van der Waals surface area contributed by atoms with E-state index in [2.05, 4.69) is 15.6 Å². The van der Waals surface area contributed by atoms with Crippen molar-refractivity contribution in [1.82, 2.24) is 4.98 Å². The molecule has 0 aliphatic rings. The van der Waals surface area contributed by atoms with Crippen molar-refractivity contribution in [2.24, 2.45) is 0 Å². The number of halogens is 1. The van der Waals surface area contributed by atoms with Crippen LogP contribution in [-0.4, -0.2) is 25.1 Å². The summed E-state index contributed by atoms with van der Waals surface area (Å²) in [7, 11) is 3.15. The first-order valence-electron chi connectivity index (χ1n) is 8.11. The highest BCUT2D eigenvalue weighted by molar-refractivity contribution is 6.04. The number of hydrogen-bond donors (Lipinski definition) is 2. The van der Waals surface area contributed by atoms with Crippen LogP contribution in [0.25, 0.3) is 0 Å². The predicted molar refractivity (Wildman–Crippen MR) is 101 cm³/mol. The van der Waals surface area contributed by atoms with Gasteiger partial charge in [-0.1, -0.05) is 12.1 Å². The van der Waals surface area contributed by atoms with Gasteiger partial charge in [0.25, 0.3) is 5.91 Å². The average molecular weight is 367 g/mol. The van der Waals surface area contributed by atoms with Crippen LogP contribution in [-0.2, 0) is 0 Å². The number of nitrogens with zero attached hydrogens (tertiary/aromatic N) is 1. The lowest BCUT2D eigenvalue weighted by atomic mass is 10.2. The maximum Gasteiger partial charge on any atom is 0.258 e. The van der Waals surface area contributed by atoms with E-state index in [9.17, 15) is 9.18 Å². The minimum absolute atomic E-state index is 0.0253. The monoisotopic (exact) mass is 367 g/mol. The second-order valence-electron chi connectivity index (χ2n) is 5.56. The molecule has 0 spiro atoms. The topological polar surface area (TPSA) is 72.5 Å². The van der Waals surface area contributed by atoms with E-state index in [4.69, 9.17) is 9.47 Å². The molecule has 2 N–H and O–H groups in total. The number of pyridine rings is 1. The number of rotatable bonds is 6. The van der Waals surface area contributed by atoms with Gasteiger partial charge in [-0.25, -0.2) is 9.37 Å². The van der Waals surface area contributed by atoms with Crippen LogP contribution in [0.5, 0.6) is 11.5 Å². The predicted octanol–water partition coefficient (Wildman–Crippen LogP) is 4.23. The lowest BCUT2D eigenvalue weighted by molar-refractivity contribution is 0.102. The summed E-state index contributed by atoms with van der Waals surface area (Å²) < 4.78 is 24.2. The summed E-state index contributed by atoms with van der Waals surface area (Å²) in [6, 6.07) is 14.5. The van der Waals surface area contributed by atoms with Gasteiger partial charge in [0, 0.05) is 6.07 Å². The number of aromatic nitrogens is 1. The van der Waals surface area contributed by atoms with E-state index in [0.29, 0.717) is 28.7 Å². The third-order valence-electron chi connectivity index (χ3n) is 3.81. The van der Waals surface area contributed by atoms with Crippen molar-refractivity contribution in [3.63, 3.8) is 0 Å². The van der Waals surface area contributed by atoms with Gasteiger partial charge in [0.15, 0.2) is 0 Å². The highest BCUT2D eigenvalue weighted by atomic mass is 19.1. The van der Waals surface area contributed by atoms with Gasteiger partial charge in [0.2, 0.25) is 0 Å². The van der Waals surface area contributed by atoms with E-state index in [1.807, 2.05) is 6.07 Å². The Balaban J connectivity index is 1.71. The second kappa shape index (κ2) is 8.18. The van der Waals surface area contributed by atoms with Gasteiger partial charge in [-0.15, -0.1) is 0 Å². The summed E-state index contributed by atoms with van der Waals surface area (Å²) in [5, 5.41) is 5.75. The standard InChI is InChI=1S/C20H18FN3O3/c1-26-14-8-9-17(18(11-14)27-2)24-19-10-7-13(12-22-19)23-20(25)15-5-3-4-6-16(15)21/h3-12H,1-2H3,(H,22,24)(H,23,25). The van der Waals surface area contributed by atoms with Gasteiger partial charge >= 0.3 is 0 Å². The first kappa shape index (κ1) is 18.2. The Bertz CT molecular complexity index is 945. The van der Waals surface area contributed by atoms with Crippen molar-refractivity contribution >= 4 is 23.1 Å². The number of nitrogens with one attached hydrogen (secondary N) is 2. The molecule has 0 aliphatic heterocycles. The molecule has 6 nitrogen and oxygen atoms in total. The maximum absolute atomic E-state index is 13.7. The number of methoxy groups -OCH3 is 2. The van der Waals surface area contributed by atoms with Crippen LogP contribution in [0.1, 0.15) is 10.4 Å². The molecule has 1 aromatic heterocycles. The summed E-state index contributed by atoms with van der Waals surface area (Å²) in [6.45, 7) is 0. The molecule has 3 rings (SSSR count). The van der Waals surface area contributed by atoms with E-state index in [0.717, 1.165) is 0 Å². The van der Waals surface area contributed by atoms with Crippen LogP contribution in [0.3, 0.4) is 0 Å². The fourth-order valence-corrected chi connectivity index (χ4v) is 2.43. The molecule has 0 fully saturated rings. The summed E-state index contributed by atoms with van der Waals surface area (Å²) in [5.41, 5.74) is 1.15. The largest absolute Gasteiger partial charge is 0.497 e. The highest BCUT2D eigenvalue weighted by Gasteiger charge is 2.11. The first-order chi connectivity index (χ1) is 13.1. The zero-order chi connectivity index (χ0) is 19.2. The number of anilines is 3. The highest BCUT2D eigenvalue weighted by Crippen LogP contribution is 2.31. The maximum atomic E-state index is 13.7. The SMILES string of the molecule is COc1ccc(Nc2ccc(NC(=O)c3ccccc3F)cn2)c(OC)c1. The van der Waals surface area contributed by atoms with Gasteiger partial charge in [-0.05, 0) is 36.4 Å². The summed E-state index contributed by atoms with van der Waals surface area (Å²) >= 11 is 0. The molecule has 0 radical (unpaired) electrons. The molecular weight excluding hydrogens is 349 g/mol.